The second kappa shape index (κ2) is 5.37. The van der Waals surface area contributed by atoms with Gasteiger partial charge in [-0.25, -0.2) is 4.79 Å². The zero-order chi connectivity index (χ0) is 14.9. The van der Waals surface area contributed by atoms with Gasteiger partial charge in [-0.1, -0.05) is 18.2 Å². The molecule has 2 amide bonds. The van der Waals surface area contributed by atoms with Crippen molar-refractivity contribution >= 4 is 17.7 Å². The minimum Gasteiger partial charge on any atom is -0.436 e. The zero-order valence-electron chi connectivity index (χ0n) is 11.9. The maximum absolute atomic E-state index is 12.2. The van der Waals surface area contributed by atoms with Crippen LogP contribution in [0, 0.1) is 0 Å². The van der Waals surface area contributed by atoms with Gasteiger partial charge in [0.15, 0.2) is 5.60 Å². The van der Waals surface area contributed by atoms with Gasteiger partial charge < -0.3 is 14.4 Å². The van der Waals surface area contributed by atoms with Gasteiger partial charge in [-0.15, -0.1) is 0 Å². The lowest BCUT2D eigenvalue weighted by molar-refractivity contribution is -0.130. The quantitative estimate of drug-likeness (QED) is 0.781. The number of ether oxygens (including phenoxy) is 2. The van der Waals surface area contributed by atoms with E-state index in [1.54, 1.807) is 9.80 Å². The summed E-state index contributed by atoms with van der Waals surface area (Å²) in [4.78, 5) is 27.1. The first-order valence-electron chi connectivity index (χ1n) is 6.98. The Hall–Kier alpha value is -2.08. The molecule has 0 aliphatic carbocycles. The molecule has 2 aliphatic heterocycles. The summed E-state index contributed by atoms with van der Waals surface area (Å²) in [5.74, 6) is -0.0333. The van der Waals surface area contributed by atoms with E-state index in [0.717, 1.165) is 5.69 Å². The third-order valence-electron chi connectivity index (χ3n) is 3.83. The Balaban J connectivity index is 1.83. The fraction of sp³-hybridized carbons (Fsp3) is 0.467. The molecule has 0 N–H and O–H groups in total. The normalized spacial score (nSPS) is 25.9. The summed E-state index contributed by atoms with van der Waals surface area (Å²) in [5, 5.41) is 0. The molecule has 1 spiro atoms. The van der Waals surface area contributed by atoms with E-state index in [1.807, 2.05) is 30.3 Å². The number of amides is 2. The lowest BCUT2D eigenvalue weighted by Crippen LogP contribution is -2.48. The second-order valence-corrected chi connectivity index (χ2v) is 5.47. The molecule has 2 saturated heterocycles. The van der Waals surface area contributed by atoms with Crippen LogP contribution in [-0.2, 0) is 14.3 Å². The van der Waals surface area contributed by atoms with E-state index in [0.29, 0.717) is 32.8 Å². The second-order valence-electron chi connectivity index (χ2n) is 5.47. The number of para-hydroxylation sites is 1. The van der Waals surface area contributed by atoms with Crippen molar-refractivity contribution in [1.82, 2.24) is 4.90 Å². The molecule has 1 atom stereocenters. The predicted molar refractivity (Wildman–Crippen MR) is 76.1 cm³/mol. The molecule has 0 bridgehead atoms. The van der Waals surface area contributed by atoms with Gasteiger partial charge in [0.1, 0.15) is 0 Å². The molecule has 6 heteroatoms. The summed E-state index contributed by atoms with van der Waals surface area (Å²) < 4.78 is 11.1. The minimum atomic E-state index is -0.783. The van der Waals surface area contributed by atoms with Crippen LogP contribution in [0.5, 0.6) is 0 Å². The Bertz CT molecular complexity index is 548. The first kappa shape index (κ1) is 13.9. The van der Waals surface area contributed by atoms with Crippen molar-refractivity contribution in [3.05, 3.63) is 30.3 Å². The van der Waals surface area contributed by atoms with Gasteiger partial charge >= 0.3 is 6.09 Å². The number of anilines is 1. The van der Waals surface area contributed by atoms with Crippen molar-refractivity contribution in [2.75, 3.05) is 37.7 Å². The average molecular weight is 290 g/mol. The largest absolute Gasteiger partial charge is 0.436 e. The van der Waals surface area contributed by atoms with Crippen molar-refractivity contribution in [2.24, 2.45) is 0 Å². The van der Waals surface area contributed by atoms with E-state index < -0.39 is 11.7 Å². The minimum absolute atomic E-state index is 0.0333. The molecular weight excluding hydrogens is 272 g/mol. The third-order valence-corrected chi connectivity index (χ3v) is 3.83. The molecule has 3 rings (SSSR count). The number of hydrogen-bond donors (Lipinski definition) is 0. The van der Waals surface area contributed by atoms with E-state index in [-0.39, 0.29) is 5.91 Å². The molecule has 2 heterocycles. The van der Waals surface area contributed by atoms with Crippen LogP contribution in [0.15, 0.2) is 30.3 Å². The van der Waals surface area contributed by atoms with Gasteiger partial charge in [0.2, 0.25) is 5.91 Å². The molecule has 21 heavy (non-hydrogen) atoms. The molecule has 1 aromatic carbocycles. The summed E-state index contributed by atoms with van der Waals surface area (Å²) in [5.41, 5.74) is 0.00717. The van der Waals surface area contributed by atoms with Gasteiger partial charge in [-0.05, 0) is 12.1 Å². The van der Waals surface area contributed by atoms with Gasteiger partial charge in [0.25, 0.3) is 0 Å². The highest BCUT2D eigenvalue weighted by atomic mass is 16.6. The molecule has 2 aliphatic rings. The van der Waals surface area contributed by atoms with Crippen molar-refractivity contribution in [1.29, 1.82) is 0 Å². The van der Waals surface area contributed by atoms with Crippen LogP contribution in [0.2, 0.25) is 0 Å². The predicted octanol–water partition coefficient (Wildman–Crippen LogP) is 1.26. The van der Waals surface area contributed by atoms with E-state index in [2.05, 4.69) is 0 Å². The first-order valence-corrected chi connectivity index (χ1v) is 6.98. The molecule has 0 saturated carbocycles. The lowest BCUT2D eigenvalue weighted by atomic mass is 10.0. The Kier molecular flexibility index (Phi) is 3.55. The van der Waals surface area contributed by atoms with Crippen LogP contribution >= 0.6 is 0 Å². The standard InChI is InChI=1S/C15H18N2O4/c1-12(18)16-7-8-20-11-15(9-16)10-17(14(19)21-15)13-5-3-2-4-6-13/h2-6H,7-11H2,1H3/t15-/m0/s1. The van der Waals surface area contributed by atoms with Gasteiger partial charge in [0.05, 0.1) is 26.3 Å². The highest BCUT2D eigenvalue weighted by molar-refractivity contribution is 5.90. The molecular formula is C15H18N2O4. The fourth-order valence-corrected chi connectivity index (χ4v) is 2.76. The molecule has 6 nitrogen and oxygen atoms in total. The summed E-state index contributed by atoms with van der Waals surface area (Å²) in [7, 11) is 0. The Labute approximate surface area is 123 Å². The van der Waals surface area contributed by atoms with Crippen molar-refractivity contribution < 1.29 is 19.1 Å². The van der Waals surface area contributed by atoms with E-state index in [4.69, 9.17) is 9.47 Å². The summed E-state index contributed by atoms with van der Waals surface area (Å²) >= 11 is 0. The average Bonchev–Trinajstić information content (AvgIpc) is 2.66. The lowest BCUT2D eigenvalue weighted by Gasteiger charge is -2.29. The van der Waals surface area contributed by atoms with Crippen LogP contribution in [0.4, 0.5) is 10.5 Å². The van der Waals surface area contributed by atoms with Crippen LogP contribution in [0.25, 0.3) is 0 Å². The SMILES string of the molecule is CC(=O)N1CCOC[C@]2(C1)CN(c1ccccc1)C(=O)O2. The molecule has 0 radical (unpaired) electrons. The summed E-state index contributed by atoms with van der Waals surface area (Å²) in [6, 6.07) is 9.37. The number of carbonyl (C=O) groups excluding carboxylic acids is 2. The maximum atomic E-state index is 12.2. The highest BCUT2D eigenvalue weighted by Gasteiger charge is 2.48. The van der Waals surface area contributed by atoms with Crippen LogP contribution < -0.4 is 4.90 Å². The molecule has 0 aromatic heterocycles. The summed E-state index contributed by atoms with van der Waals surface area (Å²) in [6.07, 6.45) is -0.393. The number of rotatable bonds is 1. The molecule has 1 aromatic rings. The molecule has 0 unspecified atom stereocenters. The van der Waals surface area contributed by atoms with Crippen molar-refractivity contribution in [3.8, 4) is 0 Å². The Morgan fingerprint density at radius 3 is 2.71 bits per heavy atom. The molecule has 112 valence electrons. The van der Waals surface area contributed by atoms with E-state index in [9.17, 15) is 9.59 Å². The number of benzene rings is 1. The van der Waals surface area contributed by atoms with E-state index in [1.165, 1.54) is 6.92 Å². The number of carbonyl (C=O) groups is 2. The molecule has 2 fully saturated rings. The maximum Gasteiger partial charge on any atom is 0.415 e. The topological polar surface area (TPSA) is 59.1 Å². The van der Waals surface area contributed by atoms with Gasteiger partial charge in [-0.2, -0.15) is 0 Å². The smallest absolute Gasteiger partial charge is 0.415 e. The Morgan fingerprint density at radius 2 is 2.00 bits per heavy atom. The van der Waals surface area contributed by atoms with Gasteiger partial charge in [-0.3, -0.25) is 9.69 Å². The first-order chi connectivity index (χ1) is 10.1. The highest BCUT2D eigenvalue weighted by Crippen LogP contribution is 2.30. The Morgan fingerprint density at radius 1 is 1.24 bits per heavy atom. The van der Waals surface area contributed by atoms with Gasteiger partial charge in [0, 0.05) is 19.2 Å². The van der Waals surface area contributed by atoms with Crippen LogP contribution in [0.1, 0.15) is 6.92 Å². The van der Waals surface area contributed by atoms with Crippen LogP contribution in [-0.4, -0.2) is 55.3 Å². The van der Waals surface area contributed by atoms with Crippen molar-refractivity contribution in [3.63, 3.8) is 0 Å². The third kappa shape index (κ3) is 2.71. The van der Waals surface area contributed by atoms with Crippen LogP contribution in [0.3, 0.4) is 0 Å². The zero-order valence-corrected chi connectivity index (χ0v) is 11.9. The monoisotopic (exact) mass is 290 g/mol. The summed E-state index contributed by atoms with van der Waals surface area (Å²) in [6.45, 7) is 3.58. The van der Waals surface area contributed by atoms with Crippen molar-refractivity contribution in [2.45, 2.75) is 12.5 Å². The van der Waals surface area contributed by atoms with E-state index >= 15 is 0 Å². The number of nitrogens with zero attached hydrogens (tertiary/aromatic N) is 2. The number of hydrogen-bond acceptors (Lipinski definition) is 4. The fourth-order valence-electron chi connectivity index (χ4n) is 2.76.